The molecule has 2 rings (SSSR count). The highest BCUT2D eigenvalue weighted by Gasteiger charge is 2.12. The van der Waals surface area contributed by atoms with Gasteiger partial charge in [-0.25, -0.2) is 4.79 Å². The number of carbonyl (C=O) groups excluding carboxylic acids is 2. The van der Waals surface area contributed by atoms with Gasteiger partial charge in [0.15, 0.2) is 0 Å². The molecule has 0 aliphatic heterocycles. The van der Waals surface area contributed by atoms with Gasteiger partial charge in [-0.15, -0.1) is 0 Å². The summed E-state index contributed by atoms with van der Waals surface area (Å²) >= 11 is 0. The third kappa shape index (κ3) is 2.74. The van der Waals surface area contributed by atoms with Gasteiger partial charge in [0.05, 0.1) is 5.56 Å². The predicted octanol–water partition coefficient (Wildman–Crippen LogP) is 3.32. The largest absolute Gasteiger partial charge is 0.389 e. The van der Waals surface area contributed by atoms with Crippen LogP contribution in [-0.4, -0.2) is 11.9 Å². The van der Waals surface area contributed by atoms with Crippen LogP contribution in [0.15, 0.2) is 42.5 Å². The summed E-state index contributed by atoms with van der Waals surface area (Å²) in [7, 11) is 0. The van der Waals surface area contributed by atoms with Gasteiger partial charge in [0.25, 0.3) is 0 Å². The van der Waals surface area contributed by atoms with E-state index in [1.54, 1.807) is 12.1 Å². The van der Waals surface area contributed by atoms with Crippen molar-refractivity contribution in [2.45, 2.75) is 19.8 Å². The van der Waals surface area contributed by atoms with E-state index in [-0.39, 0.29) is 6.42 Å². The van der Waals surface area contributed by atoms with Gasteiger partial charge in [-0.1, -0.05) is 37.3 Å². The molecule has 2 aromatic carbocycles. The van der Waals surface area contributed by atoms with Gasteiger partial charge in [0.1, 0.15) is 0 Å². The van der Waals surface area contributed by atoms with Gasteiger partial charge in [0, 0.05) is 6.42 Å². The van der Waals surface area contributed by atoms with Crippen LogP contribution in [0.4, 0.5) is 0 Å². The number of rotatable bonds is 3. The number of fused-ring (bicyclic) bond motifs is 1. The van der Waals surface area contributed by atoms with Crippen LogP contribution in [0, 0.1) is 0 Å². The fourth-order valence-corrected chi connectivity index (χ4v) is 1.73. The Bertz CT molecular complexity index is 587. The van der Waals surface area contributed by atoms with Crippen molar-refractivity contribution >= 4 is 22.7 Å². The van der Waals surface area contributed by atoms with Crippen molar-refractivity contribution in [3.8, 4) is 0 Å². The van der Waals surface area contributed by atoms with E-state index in [0.717, 1.165) is 10.8 Å². The quantitative estimate of drug-likeness (QED) is 0.612. The first-order valence-corrected chi connectivity index (χ1v) is 5.94. The second-order valence-electron chi connectivity index (χ2n) is 4.07. The maximum absolute atomic E-state index is 11.7. The Labute approximate surface area is 105 Å². The molecule has 0 N–H and O–H groups in total. The standard InChI is InChI=1S/C15H14O3/c1-2-5-14(16)18-15(17)13-9-8-11-6-3-4-7-12(11)10-13/h3-4,6-10H,2,5H2,1H3. The lowest BCUT2D eigenvalue weighted by Crippen LogP contribution is -2.11. The zero-order valence-electron chi connectivity index (χ0n) is 10.2. The molecule has 0 spiro atoms. The van der Waals surface area contributed by atoms with E-state index in [4.69, 9.17) is 4.74 Å². The first-order chi connectivity index (χ1) is 8.70. The molecule has 0 heterocycles. The van der Waals surface area contributed by atoms with Gasteiger partial charge < -0.3 is 4.74 Å². The van der Waals surface area contributed by atoms with Crippen LogP contribution in [0.3, 0.4) is 0 Å². The molecule has 2 aromatic rings. The molecule has 3 heteroatoms. The van der Waals surface area contributed by atoms with Crippen LogP contribution < -0.4 is 0 Å². The predicted molar refractivity (Wildman–Crippen MR) is 69.3 cm³/mol. The van der Waals surface area contributed by atoms with E-state index in [0.29, 0.717) is 12.0 Å². The number of hydrogen-bond donors (Lipinski definition) is 0. The van der Waals surface area contributed by atoms with E-state index in [1.165, 1.54) is 0 Å². The highest BCUT2D eigenvalue weighted by atomic mass is 16.6. The fourth-order valence-electron chi connectivity index (χ4n) is 1.73. The third-order valence-corrected chi connectivity index (χ3v) is 2.65. The Morgan fingerprint density at radius 3 is 2.50 bits per heavy atom. The Morgan fingerprint density at radius 2 is 1.78 bits per heavy atom. The molecule has 18 heavy (non-hydrogen) atoms. The van der Waals surface area contributed by atoms with Gasteiger partial charge in [-0.05, 0) is 29.3 Å². The summed E-state index contributed by atoms with van der Waals surface area (Å²) in [6, 6.07) is 13.0. The number of hydrogen-bond acceptors (Lipinski definition) is 3. The lowest BCUT2D eigenvalue weighted by Gasteiger charge is -2.03. The number of benzene rings is 2. The molecule has 3 nitrogen and oxygen atoms in total. The van der Waals surface area contributed by atoms with E-state index >= 15 is 0 Å². The van der Waals surface area contributed by atoms with Crippen LogP contribution in [0.5, 0.6) is 0 Å². The summed E-state index contributed by atoms with van der Waals surface area (Å²) in [5.41, 5.74) is 0.401. The first kappa shape index (κ1) is 12.3. The molecule has 0 amide bonds. The second-order valence-corrected chi connectivity index (χ2v) is 4.07. The van der Waals surface area contributed by atoms with Crippen molar-refractivity contribution in [1.29, 1.82) is 0 Å². The maximum atomic E-state index is 11.7. The average molecular weight is 242 g/mol. The van der Waals surface area contributed by atoms with Crippen LogP contribution in [0.2, 0.25) is 0 Å². The molecule has 0 bridgehead atoms. The topological polar surface area (TPSA) is 43.4 Å². The summed E-state index contributed by atoms with van der Waals surface area (Å²) in [6.45, 7) is 1.86. The van der Waals surface area contributed by atoms with Crippen molar-refractivity contribution in [3.05, 3.63) is 48.0 Å². The second kappa shape index (κ2) is 5.45. The van der Waals surface area contributed by atoms with E-state index in [9.17, 15) is 9.59 Å². The summed E-state index contributed by atoms with van der Waals surface area (Å²) < 4.78 is 4.75. The normalized spacial score (nSPS) is 10.3. The van der Waals surface area contributed by atoms with Gasteiger partial charge >= 0.3 is 11.9 Å². The van der Waals surface area contributed by atoms with E-state index < -0.39 is 11.9 Å². The molecule has 0 saturated heterocycles. The average Bonchev–Trinajstić information content (AvgIpc) is 2.38. The van der Waals surface area contributed by atoms with Crippen molar-refractivity contribution in [1.82, 2.24) is 0 Å². The molecule has 0 unspecified atom stereocenters. The Kier molecular flexibility index (Phi) is 3.72. The minimum Gasteiger partial charge on any atom is -0.389 e. The molecule has 0 fully saturated rings. The van der Waals surface area contributed by atoms with Crippen molar-refractivity contribution in [2.24, 2.45) is 0 Å². The number of ether oxygens (including phenoxy) is 1. The molecular weight excluding hydrogens is 228 g/mol. The molecule has 92 valence electrons. The summed E-state index contributed by atoms with van der Waals surface area (Å²) in [4.78, 5) is 23.0. The lowest BCUT2D eigenvalue weighted by atomic mass is 10.1. The highest BCUT2D eigenvalue weighted by molar-refractivity contribution is 5.99. The summed E-state index contributed by atoms with van der Waals surface area (Å²) in [5, 5.41) is 2.00. The molecule has 0 saturated carbocycles. The molecular formula is C15H14O3. The molecule has 0 aliphatic rings. The molecule has 0 aromatic heterocycles. The van der Waals surface area contributed by atoms with Crippen molar-refractivity contribution < 1.29 is 14.3 Å². The zero-order chi connectivity index (χ0) is 13.0. The monoisotopic (exact) mass is 242 g/mol. The Morgan fingerprint density at radius 1 is 1.06 bits per heavy atom. The SMILES string of the molecule is CCCC(=O)OC(=O)c1ccc2ccccc2c1. The van der Waals surface area contributed by atoms with Crippen LogP contribution in [-0.2, 0) is 9.53 Å². The molecule has 0 radical (unpaired) electrons. The van der Waals surface area contributed by atoms with Crippen LogP contribution in [0.1, 0.15) is 30.1 Å². The van der Waals surface area contributed by atoms with Crippen LogP contribution in [0.25, 0.3) is 10.8 Å². The third-order valence-electron chi connectivity index (χ3n) is 2.65. The lowest BCUT2D eigenvalue weighted by molar-refractivity contribution is -0.137. The summed E-state index contributed by atoms with van der Waals surface area (Å²) in [6.07, 6.45) is 0.934. The first-order valence-electron chi connectivity index (χ1n) is 5.94. The number of esters is 2. The fraction of sp³-hybridized carbons (Fsp3) is 0.200. The Balaban J connectivity index is 2.20. The van der Waals surface area contributed by atoms with Gasteiger partial charge in [-0.2, -0.15) is 0 Å². The smallest absolute Gasteiger partial charge is 0.345 e. The number of carbonyl (C=O) groups is 2. The minimum absolute atomic E-state index is 0.263. The van der Waals surface area contributed by atoms with Crippen molar-refractivity contribution in [3.63, 3.8) is 0 Å². The zero-order valence-corrected chi connectivity index (χ0v) is 10.2. The van der Waals surface area contributed by atoms with E-state index in [1.807, 2.05) is 37.3 Å². The van der Waals surface area contributed by atoms with Crippen LogP contribution >= 0.6 is 0 Å². The van der Waals surface area contributed by atoms with Gasteiger partial charge in [0.2, 0.25) is 0 Å². The minimum atomic E-state index is -0.584. The van der Waals surface area contributed by atoms with Gasteiger partial charge in [-0.3, -0.25) is 4.79 Å². The molecule has 0 atom stereocenters. The van der Waals surface area contributed by atoms with E-state index in [2.05, 4.69) is 0 Å². The summed E-state index contributed by atoms with van der Waals surface area (Å²) in [5.74, 6) is -1.06. The maximum Gasteiger partial charge on any atom is 0.345 e. The Hall–Kier alpha value is -2.16. The molecule has 0 aliphatic carbocycles. The highest BCUT2D eigenvalue weighted by Crippen LogP contribution is 2.16. The van der Waals surface area contributed by atoms with Crippen molar-refractivity contribution in [2.75, 3.05) is 0 Å².